The van der Waals surface area contributed by atoms with E-state index in [1.54, 1.807) is 7.11 Å². The van der Waals surface area contributed by atoms with Gasteiger partial charge in [0.25, 0.3) is 0 Å². The summed E-state index contributed by atoms with van der Waals surface area (Å²) in [5.41, 5.74) is 5.55. The monoisotopic (exact) mass is 493 g/mol. The van der Waals surface area contributed by atoms with Crippen LogP contribution in [0.2, 0.25) is 0 Å². The van der Waals surface area contributed by atoms with E-state index in [1.165, 1.54) is 11.1 Å². The fraction of sp³-hybridized carbons (Fsp3) is 0.242. The number of hydrogen-bond donors (Lipinski definition) is 0. The van der Waals surface area contributed by atoms with E-state index in [1.807, 2.05) is 49.4 Å². The molecule has 0 amide bonds. The van der Waals surface area contributed by atoms with Gasteiger partial charge in [-0.05, 0) is 59.9 Å². The Balaban J connectivity index is 1.84. The van der Waals surface area contributed by atoms with Gasteiger partial charge in [-0.2, -0.15) is 0 Å². The van der Waals surface area contributed by atoms with E-state index in [-0.39, 0.29) is 24.5 Å². The zero-order chi connectivity index (χ0) is 26.0. The lowest BCUT2D eigenvalue weighted by Crippen LogP contribution is -2.33. The van der Waals surface area contributed by atoms with E-state index < -0.39 is 0 Å². The normalized spacial score (nSPS) is 12.6. The summed E-state index contributed by atoms with van der Waals surface area (Å²) in [6, 6.07) is 37.2. The number of rotatable bonds is 11. The van der Waals surface area contributed by atoms with Crippen LogP contribution in [0.1, 0.15) is 49.0 Å². The van der Waals surface area contributed by atoms with Crippen molar-refractivity contribution in [2.45, 2.75) is 38.9 Å². The molecule has 0 aliphatic rings. The van der Waals surface area contributed by atoms with Crippen LogP contribution in [0, 0.1) is 0 Å². The molecule has 0 aromatic heterocycles. The number of methoxy groups -OCH3 is 1. The molecule has 0 aliphatic heterocycles. The first-order chi connectivity index (χ1) is 18.1. The van der Waals surface area contributed by atoms with Crippen LogP contribution in [0.5, 0.6) is 5.75 Å². The third-order valence-corrected chi connectivity index (χ3v) is 6.71. The highest BCUT2D eigenvalue weighted by molar-refractivity contribution is 5.71. The summed E-state index contributed by atoms with van der Waals surface area (Å²) in [6.07, 6.45) is 0.235. The van der Waals surface area contributed by atoms with Crippen LogP contribution in [0.15, 0.2) is 109 Å². The maximum atomic E-state index is 13.0. The van der Waals surface area contributed by atoms with Crippen molar-refractivity contribution in [3.63, 3.8) is 0 Å². The van der Waals surface area contributed by atoms with Gasteiger partial charge in [0, 0.05) is 18.6 Å². The summed E-state index contributed by atoms with van der Waals surface area (Å²) in [6.45, 7) is 5.08. The van der Waals surface area contributed by atoms with Gasteiger partial charge in [0.15, 0.2) is 0 Å². The van der Waals surface area contributed by atoms with E-state index >= 15 is 0 Å². The quantitative estimate of drug-likeness (QED) is 0.201. The van der Waals surface area contributed by atoms with Crippen molar-refractivity contribution < 1.29 is 14.3 Å². The summed E-state index contributed by atoms with van der Waals surface area (Å²) < 4.78 is 11.2. The molecular formula is C33H35NO3. The molecule has 0 saturated heterocycles. The Kier molecular flexibility index (Phi) is 9.12. The van der Waals surface area contributed by atoms with Crippen molar-refractivity contribution in [1.29, 1.82) is 0 Å². The predicted molar refractivity (Wildman–Crippen MR) is 149 cm³/mol. The topological polar surface area (TPSA) is 38.8 Å². The third-order valence-electron chi connectivity index (χ3n) is 6.71. The first kappa shape index (κ1) is 26.2. The highest BCUT2D eigenvalue weighted by Crippen LogP contribution is 2.38. The molecule has 0 aliphatic carbocycles. The van der Waals surface area contributed by atoms with Gasteiger partial charge in [0.1, 0.15) is 5.75 Å². The first-order valence-electron chi connectivity index (χ1n) is 12.8. The zero-order valence-corrected chi connectivity index (χ0v) is 21.8. The molecule has 0 bridgehead atoms. The number of nitrogens with zero attached hydrogens (tertiary/aromatic N) is 1. The molecule has 0 saturated carbocycles. The molecular weight excluding hydrogens is 458 g/mol. The highest BCUT2D eigenvalue weighted by atomic mass is 16.5. The highest BCUT2D eigenvalue weighted by Gasteiger charge is 2.29. The Morgan fingerprint density at radius 2 is 1.41 bits per heavy atom. The zero-order valence-electron chi connectivity index (χ0n) is 21.8. The first-order valence-corrected chi connectivity index (χ1v) is 12.8. The Labute approximate surface area is 220 Å². The van der Waals surface area contributed by atoms with Gasteiger partial charge in [-0.25, -0.2) is 0 Å². The number of ether oxygens (including phenoxy) is 2. The minimum atomic E-state index is -0.230. The molecule has 0 radical (unpaired) electrons. The Bertz CT molecular complexity index is 1260. The summed E-state index contributed by atoms with van der Waals surface area (Å²) in [5, 5.41) is 0. The van der Waals surface area contributed by atoms with Crippen LogP contribution in [0.4, 0.5) is 0 Å². The van der Waals surface area contributed by atoms with Crippen molar-refractivity contribution in [3.8, 4) is 16.9 Å². The van der Waals surface area contributed by atoms with Gasteiger partial charge in [-0.3, -0.25) is 9.69 Å². The standard InChI is InChI=1S/C33H35NO3/c1-4-37-33(35)23-32(30-20-29(21-31(22-30)36-3)28-18-12-7-13-19-28)34(24-26-14-8-5-9-15-26)25(2)27-16-10-6-11-17-27/h5-22,25,32H,4,23-24H2,1-3H3/t25-,32+/m1/s1. The largest absolute Gasteiger partial charge is 0.497 e. The van der Waals surface area contributed by atoms with Crippen molar-refractivity contribution >= 4 is 5.97 Å². The van der Waals surface area contributed by atoms with E-state index in [0.717, 1.165) is 22.4 Å². The van der Waals surface area contributed by atoms with Crippen LogP contribution in [-0.2, 0) is 16.1 Å². The minimum absolute atomic E-state index is 0.0483. The summed E-state index contributed by atoms with van der Waals surface area (Å²) >= 11 is 0. The lowest BCUT2D eigenvalue weighted by molar-refractivity contribution is -0.145. The summed E-state index contributed by atoms with van der Waals surface area (Å²) in [7, 11) is 1.68. The van der Waals surface area contributed by atoms with E-state index in [0.29, 0.717) is 13.2 Å². The average Bonchev–Trinajstić information content (AvgIpc) is 2.96. The van der Waals surface area contributed by atoms with Crippen LogP contribution in [0.25, 0.3) is 11.1 Å². The van der Waals surface area contributed by atoms with Crippen LogP contribution in [0.3, 0.4) is 0 Å². The SMILES string of the molecule is CCOC(=O)C[C@@H](c1cc(OC)cc(-c2ccccc2)c1)N(Cc1ccccc1)[C@H](C)c1ccccc1. The van der Waals surface area contributed by atoms with Gasteiger partial charge >= 0.3 is 5.97 Å². The van der Waals surface area contributed by atoms with Gasteiger partial charge in [-0.15, -0.1) is 0 Å². The molecule has 2 atom stereocenters. The van der Waals surface area contributed by atoms with Gasteiger partial charge in [0.2, 0.25) is 0 Å². The number of carbonyl (C=O) groups excluding carboxylic acids is 1. The van der Waals surface area contributed by atoms with Gasteiger partial charge < -0.3 is 9.47 Å². The molecule has 4 aromatic rings. The van der Waals surface area contributed by atoms with Crippen molar-refractivity contribution in [2.75, 3.05) is 13.7 Å². The molecule has 4 nitrogen and oxygen atoms in total. The fourth-order valence-corrected chi connectivity index (χ4v) is 4.77. The van der Waals surface area contributed by atoms with Gasteiger partial charge in [-0.1, -0.05) is 91.0 Å². The molecule has 4 aromatic carbocycles. The number of benzene rings is 4. The summed E-state index contributed by atoms with van der Waals surface area (Å²) in [4.78, 5) is 15.4. The molecule has 0 spiro atoms. The molecule has 190 valence electrons. The Hall–Kier alpha value is -3.89. The predicted octanol–water partition coefficient (Wildman–Crippen LogP) is 7.62. The van der Waals surface area contributed by atoms with Crippen molar-refractivity contribution in [3.05, 3.63) is 126 Å². The molecule has 4 rings (SSSR count). The lowest BCUT2D eigenvalue weighted by Gasteiger charge is -2.37. The molecule has 0 unspecified atom stereocenters. The second-order valence-corrected chi connectivity index (χ2v) is 9.13. The lowest BCUT2D eigenvalue weighted by atomic mass is 9.93. The van der Waals surface area contributed by atoms with Crippen molar-refractivity contribution in [1.82, 2.24) is 4.90 Å². The number of hydrogen-bond acceptors (Lipinski definition) is 4. The third kappa shape index (κ3) is 6.87. The van der Waals surface area contributed by atoms with E-state index in [2.05, 4.69) is 78.6 Å². The smallest absolute Gasteiger partial charge is 0.307 e. The second-order valence-electron chi connectivity index (χ2n) is 9.13. The maximum absolute atomic E-state index is 13.0. The number of carbonyl (C=O) groups is 1. The van der Waals surface area contributed by atoms with Gasteiger partial charge in [0.05, 0.1) is 20.1 Å². The van der Waals surface area contributed by atoms with Crippen LogP contribution in [-0.4, -0.2) is 24.6 Å². The average molecular weight is 494 g/mol. The molecule has 37 heavy (non-hydrogen) atoms. The molecule has 0 heterocycles. The molecule has 4 heteroatoms. The maximum Gasteiger partial charge on any atom is 0.307 e. The number of esters is 1. The van der Waals surface area contributed by atoms with Crippen molar-refractivity contribution in [2.24, 2.45) is 0 Å². The fourth-order valence-electron chi connectivity index (χ4n) is 4.77. The minimum Gasteiger partial charge on any atom is -0.497 e. The van der Waals surface area contributed by atoms with E-state index in [9.17, 15) is 4.79 Å². The van der Waals surface area contributed by atoms with Crippen LogP contribution < -0.4 is 4.74 Å². The van der Waals surface area contributed by atoms with E-state index in [4.69, 9.17) is 9.47 Å². The Morgan fingerprint density at radius 3 is 2.03 bits per heavy atom. The molecule has 0 fully saturated rings. The Morgan fingerprint density at radius 1 is 0.784 bits per heavy atom. The molecule has 0 N–H and O–H groups in total. The summed E-state index contributed by atoms with van der Waals surface area (Å²) in [5.74, 6) is 0.548. The second kappa shape index (κ2) is 12.9. The van der Waals surface area contributed by atoms with Crippen LogP contribution >= 0.6 is 0 Å².